The molecule has 0 unspecified atom stereocenters. The lowest BCUT2D eigenvalue weighted by Gasteiger charge is -2.22. The molecule has 0 bridgehead atoms. The molecule has 0 amide bonds. The zero-order chi connectivity index (χ0) is 15.8. The van der Waals surface area contributed by atoms with Crippen molar-refractivity contribution in [1.29, 1.82) is 0 Å². The van der Waals surface area contributed by atoms with Gasteiger partial charge in [-0.3, -0.25) is 0 Å². The van der Waals surface area contributed by atoms with Crippen molar-refractivity contribution in [2.24, 2.45) is 0 Å². The van der Waals surface area contributed by atoms with Crippen molar-refractivity contribution in [1.82, 2.24) is 4.98 Å². The predicted octanol–water partition coefficient (Wildman–Crippen LogP) is 1.86. The molecule has 0 aliphatic heterocycles. The van der Waals surface area contributed by atoms with E-state index in [1.165, 1.54) is 13.2 Å². The van der Waals surface area contributed by atoms with Crippen LogP contribution in [0.3, 0.4) is 0 Å². The van der Waals surface area contributed by atoms with E-state index in [1.807, 2.05) is 0 Å². The van der Waals surface area contributed by atoms with Crippen LogP contribution in [0.5, 0.6) is 11.6 Å². The standard InChI is InChI=1S/C10H14F3NO4SSi/c1-17-7-5-6-14-9(8(7)20(2,3)4)18-19(15,16)10(11,12)13/h5-6H,1-4H3. The zero-order valence-electron chi connectivity index (χ0n) is 11.3. The molecule has 1 heterocycles. The normalized spacial score (nSPS) is 13.2. The summed E-state index contributed by atoms with van der Waals surface area (Å²) in [5.41, 5.74) is -5.51. The average molecular weight is 329 g/mol. The third kappa shape index (κ3) is 3.42. The molecule has 0 aliphatic rings. The average Bonchev–Trinajstić information content (AvgIpc) is 2.24. The zero-order valence-corrected chi connectivity index (χ0v) is 13.1. The fraction of sp³-hybridized carbons (Fsp3) is 0.500. The Morgan fingerprint density at radius 1 is 1.25 bits per heavy atom. The molecule has 1 aromatic rings. The van der Waals surface area contributed by atoms with Crippen molar-refractivity contribution < 1.29 is 30.5 Å². The van der Waals surface area contributed by atoms with E-state index in [2.05, 4.69) is 9.17 Å². The van der Waals surface area contributed by atoms with Crippen LogP contribution >= 0.6 is 0 Å². The number of ether oxygens (including phenoxy) is 1. The number of hydrogen-bond acceptors (Lipinski definition) is 5. The first kappa shape index (κ1) is 16.8. The second-order valence-electron chi connectivity index (χ2n) is 4.93. The number of aromatic nitrogens is 1. The summed E-state index contributed by atoms with van der Waals surface area (Å²) in [4.78, 5) is 3.61. The summed E-state index contributed by atoms with van der Waals surface area (Å²) in [6, 6.07) is 1.45. The van der Waals surface area contributed by atoms with Gasteiger partial charge in [0.05, 0.1) is 15.2 Å². The Balaban J connectivity index is 3.41. The molecule has 0 aromatic carbocycles. The van der Waals surface area contributed by atoms with E-state index in [9.17, 15) is 21.6 Å². The predicted molar refractivity (Wildman–Crippen MR) is 69.4 cm³/mol. The highest BCUT2D eigenvalue weighted by Crippen LogP contribution is 2.28. The highest BCUT2D eigenvalue weighted by Gasteiger charge is 2.49. The van der Waals surface area contributed by atoms with Gasteiger partial charge in [0, 0.05) is 11.4 Å². The Morgan fingerprint density at radius 2 is 1.80 bits per heavy atom. The van der Waals surface area contributed by atoms with Crippen LogP contribution in [0, 0.1) is 0 Å². The molecule has 1 rings (SSSR count). The van der Waals surface area contributed by atoms with E-state index in [1.54, 1.807) is 19.6 Å². The third-order valence-corrected chi connectivity index (χ3v) is 5.22. The molecule has 0 spiro atoms. The molecule has 0 atom stereocenters. The van der Waals surface area contributed by atoms with Gasteiger partial charge in [-0.05, 0) is 6.07 Å². The second kappa shape index (κ2) is 5.24. The summed E-state index contributed by atoms with van der Waals surface area (Å²) < 4.78 is 68.5. The molecule has 0 N–H and O–H groups in total. The maximum absolute atomic E-state index is 12.4. The maximum atomic E-state index is 12.4. The first-order valence-corrected chi connectivity index (χ1v) is 10.3. The van der Waals surface area contributed by atoms with E-state index >= 15 is 0 Å². The van der Waals surface area contributed by atoms with Crippen LogP contribution in [0.1, 0.15) is 0 Å². The molecule has 0 saturated heterocycles. The van der Waals surface area contributed by atoms with Crippen molar-refractivity contribution in [2.45, 2.75) is 25.1 Å². The summed E-state index contributed by atoms with van der Waals surface area (Å²) in [5, 5.41) is 0.273. The number of methoxy groups -OCH3 is 1. The summed E-state index contributed by atoms with van der Waals surface area (Å²) >= 11 is 0. The third-order valence-electron chi connectivity index (χ3n) is 2.32. The van der Waals surface area contributed by atoms with Crippen molar-refractivity contribution in [2.75, 3.05) is 7.11 Å². The molecule has 0 radical (unpaired) electrons. The Hall–Kier alpha value is -1.29. The van der Waals surface area contributed by atoms with E-state index in [-0.39, 0.29) is 10.9 Å². The molecule has 20 heavy (non-hydrogen) atoms. The van der Waals surface area contributed by atoms with E-state index in [0.717, 1.165) is 6.20 Å². The fourth-order valence-corrected chi connectivity index (χ4v) is 3.69. The van der Waals surface area contributed by atoms with Gasteiger partial charge in [-0.1, -0.05) is 19.6 Å². The summed E-state index contributed by atoms with van der Waals surface area (Å²) in [6.45, 7) is 5.42. The highest BCUT2D eigenvalue weighted by atomic mass is 32.2. The van der Waals surface area contributed by atoms with Crippen LogP contribution in [0.15, 0.2) is 12.3 Å². The molecule has 1 aromatic heterocycles. The molecule has 5 nitrogen and oxygen atoms in total. The van der Waals surface area contributed by atoms with Crippen LogP contribution in [-0.4, -0.2) is 34.1 Å². The Labute approximate surface area is 115 Å². The lowest BCUT2D eigenvalue weighted by molar-refractivity contribution is -0.0501. The SMILES string of the molecule is COc1ccnc(OS(=O)(=O)C(F)(F)F)c1[Si](C)(C)C. The van der Waals surface area contributed by atoms with Crippen molar-refractivity contribution in [3.05, 3.63) is 12.3 Å². The minimum Gasteiger partial charge on any atom is -0.497 e. The number of halogens is 3. The number of pyridine rings is 1. The minimum absolute atomic E-state index is 0.256. The minimum atomic E-state index is -5.75. The number of nitrogens with zero attached hydrogens (tertiary/aromatic N) is 1. The molecular formula is C10H14F3NO4SSi. The van der Waals surface area contributed by atoms with Gasteiger partial charge in [0.25, 0.3) is 0 Å². The molecule has 114 valence electrons. The van der Waals surface area contributed by atoms with Crippen molar-refractivity contribution in [3.63, 3.8) is 0 Å². The summed E-state index contributed by atoms with van der Waals surface area (Å²) in [5.74, 6) is -0.326. The smallest absolute Gasteiger partial charge is 0.497 e. The molecule has 0 fully saturated rings. The maximum Gasteiger partial charge on any atom is 0.534 e. The second-order valence-corrected chi connectivity index (χ2v) is 11.5. The van der Waals surface area contributed by atoms with E-state index < -0.39 is 29.6 Å². The number of rotatable bonds is 4. The van der Waals surface area contributed by atoms with Crippen LogP contribution in [-0.2, 0) is 10.1 Å². The first-order valence-electron chi connectivity index (χ1n) is 5.44. The van der Waals surface area contributed by atoms with Gasteiger partial charge >= 0.3 is 15.6 Å². The summed E-state index contributed by atoms with van der Waals surface area (Å²) in [6.07, 6.45) is 1.13. The largest absolute Gasteiger partial charge is 0.534 e. The molecule has 0 saturated carbocycles. The van der Waals surface area contributed by atoms with Gasteiger partial charge in [-0.25, -0.2) is 4.98 Å². The quantitative estimate of drug-likeness (QED) is 0.479. The highest BCUT2D eigenvalue weighted by molar-refractivity contribution is 7.88. The van der Waals surface area contributed by atoms with Gasteiger partial charge in [0.1, 0.15) is 5.75 Å². The number of alkyl halides is 3. The van der Waals surface area contributed by atoms with Gasteiger partial charge in [0.15, 0.2) is 0 Å². The molecular weight excluding hydrogens is 315 g/mol. The fourth-order valence-electron chi connectivity index (χ4n) is 1.50. The van der Waals surface area contributed by atoms with E-state index in [4.69, 9.17) is 4.74 Å². The van der Waals surface area contributed by atoms with E-state index in [0.29, 0.717) is 0 Å². The monoisotopic (exact) mass is 329 g/mol. The van der Waals surface area contributed by atoms with Crippen molar-refractivity contribution >= 4 is 23.4 Å². The lowest BCUT2D eigenvalue weighted by atomic mass is 10.4. The lowest BCUT2D eigenvalue weighted by Crippen LogP contribution is -2.41. The van der Waals surface area contributed by atoms with Gasteiger partial charge in [-0.15, -0.1) is 0 Å². The van der Waals surface area contributed by atoms with Gasteiger partial charge in [0.2, 0.25) is 5.88 Å². The van der Waals surface area contributed by atoms with Crippen molar-refractivity contribution in [3.8, 4) is 11.6 Å². The van der Waals surface area contributed by atoms with Crippen LogP contribution < -0.4 is 14.1 Å². The first-order chi connectivity index (χ1) is 8.90. The molecule has 0 aliphatic carbocycles. The Kier molecular flexibility index (Phi) is 4.39. The number of hydrogen-bond donors (Lipinski definition) is 0. The van der Waals surface area contributed by atoms with Gasteiger partial charge in [-0.2, -0.15) is 21.6 Å². The van der Waals surface area contributed by atoms with Crippen LogP contribution in [0.4, 0.5) is 13.2 Å². The summed E-state index contributed by atoms with van der Waals surface area (Å²) in [7, 11) is -6.67. The topological polar surface area (TPSA) is 65.5 Å². The van der Waals surface area contributed by atoms with Crippen LogP contribution in [0.25, 0.3) is 0 Å². The van der Waals surface area contributed by atoms with Crippen LogP contribution in [0.2, 0.25) is 19.6 Å². The molecule has 10 heteroatoms. The Bertz CT molecular complexity index is 596. The Morgan fingerprint density at radius 3 is 2.20 bits per heavy atom. The van der Waals surface area contributed by atoms with Gasteiger partial charge < -0.3 is 8.92 Å².